The number of piperidine rings is 1. The molecule has 9 nitrogen and oxygen atoms in total. The van der Waals surface area contributed by atoms with E-state index in [1.807, 2.05) is 0 Å². The Bertz CT molecular complexity index is 1520. The number of methoxy groups -OCH3 is 1. The van der Waals surface area contributed by atoms with Crippen LogP contribution in [0.2, 0.25) is 0 Å². The molecule has 0 radical (unpaired) electrons. The molecule has 53 heavy (non-hydrogen) atoms. The van der Waals surface area contributed by atoms with E-state index in [0.717, 1.165) is 39.0 Å². The number of ether oxygens (including phenoxy) is 1. The Balaban J connectivity index is 1.15. The average Bonchev–Trinajstić information content (AvgIpc) is 3.46. The number of hydrogen-bond donors (Lipinski definition) is 2. The van der Waals surface area contributed by atoms with E-state index in [1.165, 1.54) is 64.0 Å². The molecule has 2 saturated heterocycles. The number of esters is 1. The van der Waals surface area contributed by atoms with Gasteiger partial charge in [-0.05, 0) is 170 Å². The lowest BCUT2D eigenvalue weighted by Gasteiger charge is -2.73. The Labute approximate surface area is 322 Å². The van der Waals surface area contributed by atoms with Gasteiger partial charge >= 0.3 is 5.97 Å². The lowest BCUT2D eigenvalue weighted by Crippen LogP contribution is -2.70. The number of allylic oxidation sites excluding steroid dienone is 1. The monoisotopic (exact) mass is 759 g/mol. The first-order valence-electron chi connectivity index (χ1n) is 21.1. The zero-order valence-electron chi connectivity index (χ0n) is 34.9. The number of amides is 1. The molecular weight excluding hydrogens is 685 g/mol. The van der Waals surface area contributed by atoms with Crippen LogP contribution in [0.4, 0.5) is 0 Å². The molecule has 0 aromatic carbocycles. The summed E-state index contributed by atoms with van der Waals surface area (Å²) in [6.07, 6.45) is 12.4. The van der Waals surface area contributed by atoms with Gasteiger partial charge in [-0.25, -0.2) is 13.2 Å². The Morgan fingerprint density at radius 3 is 2.25 bits per heavy atom. The third-order valence-electron chi connectivity index (χ3n) is 17.3. The predicted molar refractivity (Wildman–Crippen MR) is 213 cm³/mol. The van der Waals surface area contributed by atoms with Crippen molar-refractivity contribution in [2.24, 2.45) is 51.2 Å². The zero-order chi connectivity index (χ0) is 38.8. The third kappa shape index (κ3) is 7.09. The first kappa shape index (κ1) is 41.2. The molecule has 4 aliphatic carbocycles. The van der Waals surface area contributed by atoms with Crippen molar-refractivity contribution in [2.75, 3.05) is 64.4 Å². The van der Waals surface area contributed by atoms with Gasteiger partial charge in [-0.2, -0.15) is 0 Å². The van der Waals surface area contributed by atoms with Crippen LogP contribution in [0.5, 0.6) is 0 Å². The van der Waals surface area contributed by atoms with E-state index in [2.05, 4.69) is 68.6 Å². The van der Waals surface area contributed by atoms with Gasteiger partial charge in [0.25, 0.3) is 0 Å². The lowest BCUT2D eigenvalue weighted by molar-refractivity contribution is -0.241. The van der Waals surface area contributed by atoms with E-state index in [4.69, 9.17) is 4.74 Å². The summed E-state index contributed by atoms with van der Waals surface area (Å²) < 4.78 is 28.7. The van der Waals surface area contributed by atoms with E-state index < -0.39 is 21.3 Å². The highest BCUT2D eigenvalue weighted by atomic mass is 32.2. The number of sulfone groups is 1. The topological polar surface area (TPSA) is 108 Å². The van der Waals surface area contributed by atoms with Gasteiger partial charge in [-0.3, -0.25) is 9.69 Å². The maximum atomic E-state index is 13.3. The summed E-state index contributed by atoms with van der Waals surface area (Å²) in [6.45, 7) is 28.7. The van der Waals surface area contributed by atoms with Crippen molar-refractivity contribution in [3.05, 3.63) is 12.2 Å². The molecule has 10 heteroatoms. The van der Waals surface area contributed by atoms with Crippen LogP contribution in [0.15, 0.2) is 12.2 Å². The lowest BCUT2D eigenvalue weighted by atomic mass is 9.33. The van der Waals surface area contributed by atoms with Crippen molar-refractivity contribution in [1.82, 2.24) is 20.4 Å². The van der Waals surface area contributed by atoms with E-state index in [1.54, 1.807) is 13.8 Å². The SMILES string of the molecule is C=C(C)[C@@H]1CC[C@]2(CNCCCN3CCS(=O)(=O)CC3)CC[C@]3(C)[C@H](CC[C@@H]4[C@@]5(C)CCN(CC(=O)NC(C)(C)C(=O)OC)C(C)(C)[C@@H]5CC[C@]43C)[C@@H]12. The molecule has 302 valence electrons. The van der Waals surface area contributed by atoms with E-state index in [0.29, 0.717) is 66.1 Å². The highest BCUT2D eigenvalue weighted by Gasteiger charge is 2.70. The molecule has 6 rings (SSSR count). The molecule has 6 aliphatic rings. The minimum atomic E-state index is -2.84. The van der Waals surface area contributed by atoms with Gasteiger partial charge in [0.1, 0.15) is 5.54 Å². The second kappa shape index (κ2) is 14.5. The van der Waals surface area contributed by atoms with Crippen molar-refractivity contribution in [1.29, 1.82) is 0 Å². The quantitative estimate of drug-likeness (QED) is 0.148. The first-order valence-corrected chi connectivity index (χ1v) is 22.9. The molecule has 0 spiro atoms. The molecule has 0 bridgehead atoms. The normalized spacial score (nSPS) is 41.0. The van der Waals surface area contributed by atoms with Crippen LogP contribution in [0, 0.1) is 51.2 Å². The maximum Gasteiger partial charge on any atom is 0.330 e. The summed E-state index contributed by atoms with van der Waals surface area (Å²) in [5.74, 6) is 3.20. The van der Waals surface area contributed by atoms with Crippen LogP contribution in [0.3, 0.4) is 0 Å². The summed E-state index contributed by atoms with van der Waals surface area (Å²) in [7, 11) is -1.47. The van der Waals surface area contributed by atoms with Gasteiger partial charge < -0.3 is 20.3 Å². The molecule has 2 heterocycles. The minimum absolute atomic E-state index is 0.116. The van der Waals surface area contributed by atoms with Crippen LogP contribution < -0.4 is 10.6 Å². The second-order valence-corrected chi connectivity index (χ2v) is 22.9. The van der Waals surface area contributed by atoms with Crippen LogP contribution >= 0.6 is 0 Å². The van der Waals surface area contributed by atoms with Crippen molar-refractivity contribution >= 4 is 21.7 Å². The summed E-state index contributed by atoms with van der Waals surface area (Å²) in [5.41, 5.74) is 1.29. The summed E-state index contributed by atoms with van der Waals surface area (Å²) in [6, 6.07) is 0. The number of carbonyl (C=O) groups excluding carboxylic acids is 2. The Morgan fingerprint density at radius 1 is 0.887 bits per heavy atom. The Morgan fingerprint density at radius 2 is 1.58 bits per heavy atom. The van der Waals surface area contributed by atoms with Crippen LogP contribution in [0.1, 0.15) is 120 Å². The fraction of sp³-hybridized carbons (Fsp3) is 0.907. The van der Waals surface area contributed by atoms with Gasteiger partial charge in [0.2, 0.25) is 5.91 Å². The van der Waals surface area contributed by atoms with Crippen molar-refractivity contribution < 1.29 is 22.7 Å². The average molecular weight is 759 g/mol. The summed E-state index contributed by atoms with van der Waals surface area (Å²) in [5, 5.41) is 6.91. The van der Waals surface area contributed by atoms with Gasteiger partial charge in [-0.15, -0.1) is 0 Å². The van der Waals surface area contributed by atoms with Crippen LogP contribution in [-0.4, -0.2) is 106 Å². The first-order chi connectivity index (χ1) is 24.7. The third-order valence-corrected chi connectivity index (χ3v) is 18.9. The van der Waals surface area contributed by atoms with Crippen LogP contribution in [0.25, 0.3) is 0 Å². The molecule has 0 aromatic heterocycles. The van der Waals surface area contributed by atoms with Gasteiger partial charge in [0.15, 0.2) is 9.84 Å². The molecule has 4 saturated carbocycles. The van der Waals surface area contributed by atoms with E-state index in [-0.39, 0.29) is 27.7 Å². The van der Waals surface area contributed by atoms with Crippen molar-refractivity contribution in [3.63, 3.8) is 0 Å². The predicted octanol–water partition coefficient (Wildman–Crippen LogP) is 6.09. The highest BCUT2D eigenvalue weighted by molar-refractivity contribution is 7.91. The number of fused-ring (bicyclic) bond motifs is 7. The molecule has 0 aromatic rings. The molecule has 9 atom stereocenters. The number of carbonyl (C=O) groups is 2. The molecule has 2 N–H and O–H groups in total. The zero-order valence-corrected chi connectivity index (χ0v) is 35.7. The molecule has 6 fully saturated rings. The minimum Gasteiger partial charge on any atom is -0.467 e. The fourth-order valence-electron chi connectivity index (χ4n) is 14.2. The standard InChI is InChI=1S/C43H74N4O5S/c1-30(2)31-14-17-43(29-44-21-11-22-46-24-26-53(50,51)27-25-46)19-18-41(8)32(36(31)43)12-13-34-40(7)20-23-47(28-35(48)45-38(3,4)37(49)52-10)39(5,6)33(40)15-16-42(34,41)9/h31-34,36,44H,1,11-29H2,2-10H3,(H,45,48)/t31-,32+,33-,34+,36+,40-,41+,42+,43+/m0/s1. The van der Waals surface area contributed by atoms with Gasteiger partial charge in [0.05, 0.1) is 25.2 Å². The fourth-order valence-corrected chi connectivity index (χ4v) is 15.5. The van der Waals surface area contributed by atoms with E-state index >= 15 is 0 Å². The van der Waals surface area contributed by atoms with Crippen molar-refractivity contribution in [3.8, 4) is 0 Å². The molecule has 1 amide bonds. The largest absolute Gasteiger partial charge is 0.467 e. The van der Waals surface area contributed by atoms with Crippen molar-refractivity contribution in [2.45, 2.75) is 131 Å². The maximum absolute atomic E-state index is 13.3. The Hall–Kier alpha value is -1.49. The molecule has 0 unspecified atom stereocenters. The smallest absolute Gasteiger partial charge is 0.330 e. The summed E-state index contributed by atoms with van der Waals surface area (Å²) >= 11 is 0. The van der Waals surface area contributed by atoms with Gasteiger partial charge in [0, 0.05) is 25.2 Å². The van der Waals surface area contributed by atoms with Gasteiger partial charge in [-0.1, -0.05) is 32.9 Å². The summed E-state index contributed by atoms with van der Waals surface area (Å²) in [4.78, 5) is 30.4. The molecule has 2 aliphatic heterocycles. The Kier molecular flexibility index (Phi) is 11.2. The van der Waals surface area contributed by atoms with E-state index in [9.17, 15) is 18.0 Å². The number of nitrogens with one attached hydrogen (secondary N) is 2. The molecular formula is C43H74N4O5S. The number of nitrogens with zero attached hydrogens (tertiary/aromatic N) is 2. The highest BCUT2D eigenvalue weighted by Crippen LogP contribution is 2.76. The number of likely N-dealkylation sites (tertiary alicyclic amines) is 1. The number of rotatable bonds is 11. The second-order valence-electron chi connectivity index (χ2n) is 20.6. The number of hydrogen-bond acceptors (Lipinski definition) is 8. The van der Waals surface area contributed by atoms with Crippen LogP contribution in [-0.2, 0) is 24.2 Å².